The molecule has 0 fully saturated rings. The number of nitrogens with one attached hydrogen (secondary N) is 2. The number of carbonyl (C=O) groups is 1. The minimum atomic E-state index is -0.454. The van der Waals surface area contributed by atoms with Gasteiger partial charge in [0.1, 0.15) is 11.6 Å². The highest BCUT2D eigenvalue weighted by Gasteiger charge is 2.06. The summed E-state index contributed by atoms with van der Waals surface area (Å²) < 4.78 is 25.8. The Morgan fingerprint density at radius 3 is 2.55 bits per heavy atom. The molecule has 0 bridgehead atoms. The normalized spacial score (nSPS) is 10.2. The first kappa shape index (κ1) is 14.3. The monoisotopic (exact) mass is 296 g/mol. The van der Waals surface area contributed by atoms with Crippen LogP contribution in [-0.2, 0) is 4.79 Å². The van der Waals surface area contributed by atoms with Gasteiger partial charge in [0.15, 0.2) is 0 Å². The van der Waals surface area contributed by atoms with Gasteiger partial charge in [-0.25, -0.2) is 8.78 Å². The molecular formula is C14H11ClF2N2O. The molecule has 2 aromatic carbocycles. The third kappa shape index (κ3) is 3.93. The molecule has 0 heterocycles. The van der Waals surface area contributed by atoms with E-state index in [-0.39, 0.29) is 17.5 Å². The molecule has 2 N–H and O–H groups in total. The Bertz CT molecular complexity index is 634. The van der Waals surface area contributed by atoms with Gasteiger partial charge >= 0.3 is 0 Å². The Labute approximate surface area is 119 Å². The topological polar surface area (TPSA) is 41.1 Å². The van der Waals surface area contributed by atoms with Crippen LogP contribution in [0.2, 0.25) is 5.02 Å². The van der Waals surface area contributed by atoms with Crippen molar-refractivity contribution in [1.82, 2.24) is 0 Å². The summed E-state index contributed by atoms with van der Waals surface area (Å²) in [5, 5.41) is 5.48. The van der Waals surface area contributed by atoms with E-state index in [1.807, 2.05) is 0 Å². The zero-order valence-corrected chi connectivity index (χ0v) is 11.0. The summed E-state index contributed by atoms with van der Waals surface area (Å²) in [6.07, 6.45) is 0. The van der Waals surface area contributed by atoms with Gasteiger partial charge in [0.2, 0.25) is 5.91 Å². The molecule has 0 atom stereocenters. The van der Waals surface area contributed by atoms with E-state index in [2.05, 4.69) is 10.6 Å². The molecule has 0 aliphatic heterocycles. The molecule has 0 saturated carbocycles. The van der Waals surface area contributed by atoms with Crippen LogP contribution in [0.15, 0.2) is 42.5 Å². The van der Waals surface area contributed by atoms with Crippen molar-refractivity contribution in [3.8, 4) is 0 Å². The van der Waals surface area contributed by atoms with Gasteiger partial charge in [-0.05, 0) is 36.4 Å². The van der Waals surface area contributed by atoms with Crippen LogP contribution >= 0.6 is 11.6 Å². The maximum Gasteiger partial charge on any atom is 0.243 e. The van der Waals surface area contributed by atoms with Crippen molar-refractivity contribution in [1.29, 1.82) is 0 Å². The van der Waals surface area contributed by atoms with Gasteiger partial charge < -0.3 is 10.6 Å². The summed E-state index contributed by atoms with van der Waals surface area (Å²) in [5.74, 6) is -1.25. The Morgan fingerprint density at radius 1 is 1.10 bits per heavy atom. The molecule has 2 aromatic rings. The van der Waals surface area contributed by atoms with Crippen LogP contribution in [-0.4, -0.2) is 12.5 Å². The Hall–Kier alpha value is -2.14. The predicted octanol–water partition coefficient (Wildman–Crippen LogP) is 3.67. The average molecular weight is 297 g/mol. The molecule has 0 unspecified atom stereocenters. The third-order valence-corrected chi connectivity index (χ3v) is 2.79. The summed E-state index contributed by atoms with van der Waals surface area (Å²) in [6.45, 7) is -0.0676. The fraction of sp³-hybridized carbons (Fsp3) is 0.0714. The summed E-state index contributed by atoms with van der Waals surface area (Å²) in [5.41, 5.74) is 0.810. The highest BCUT2D eigenvalue weighted by molar-refractivity contribution is 6.33. The van der Waals surface area contributed by atoms with Crippen LogP contribution in [0.3, 0.4) is 0 Å². The minimum Gasteiger partial charge on any atom is -0.375 e. The van der Waals surface area contributed by atoms with Crippen molar-refractivity contribution < 1.29 is 13.6 Å². The fourth-order valence-corrected chi connectivity index (χ4v) is 1.81. The van der Waals surface area contributed by atoms with Crippen LogP contribution < -0.4 is 10.6 Å². The zero-order chi connectivity index (χ0) is 14.5. The van der Waals surface area contributed by atoms with Gasteiger partial charge in [-0.1, -0.05) is 17.7 Å². The first-order valence-corrected chi connectivity index (χ1v) is 6.17. The number of amides is 1. The van der Waals surface area contributed by atoms with E-state index in [1.54, 1.807) is 6.07 Å². The second kappa shape index (κ2) is 6.34. The summed E-state index contributed by atoms with van der Waals surface area (Å²) >= 11 is 5.81. The number of anilines is 2. The van der Waals surface area contributed by atoms with E-state index in [9.17, 15) is 13.6 Å². The number of rotatable bonds is 4. The van der Waals surface area contributed by atoms with Crippen LogP contribution in [0.1, 0.15) is 0 Å². The van der Waals surface area contributed by atoms with Crippen LogP contribution in [0.4, 0.5) is 20.2 Å². The molecule has 0 aromatic heterocycles. The van der Waals surface area contributed by atoms with E-state index in [0.717, 1.165) is 6.07 Å². The molecule has 6 heteroatoms. The smallest absolute Gasteiger partial charge is 0.243 e. The molecular weight excluding hydrogens is 286 g/mol. The maximum absolute atomic E-state index is 12.9. The van der Waals surface area contributed by atoms with E-state index in [1.165, 1.54) is 30.3 Å². The van der Waals surface area contributed by atoms with E-state index in [0.29, 0.717) is 11.4 Å². The van der Waals surface area contributed by atoms with E-state index < -0.39 is 11.6 Å². The van der Waals surface area contributed by atoms with E-state index >= 15 is 0 Å². The van der Waals surface area contributed by atoms with Gasteiger partial charge in [0.05, 0.1) is 17.3 Å². The standard InChI is InChI=1S/C14H11ClF2N2O/c15-12-7-10(17)4-5-13(12)18-8-14(20)19-11-3-1-2-9(16)6-11/h1-7,18H,8H2,(H,19,20). The lowest BCUT2D eigenvalue weighted by Crippen LogP contribution is -2.21. The van der Waals surface area contributed by atoms with Crippen molar-refractivity contribution in [2.24, 2.45) is 0 Å². The molecule has 0 aliphatic rings. The van der Waals surface area contributed by atoms with Crippen molar-refractivity contribution in [3.05, 3.63) is 59.1 Å². The number of hydrogen-bond acceptors (Lipinski definition) is 2. The quantitative estimate of drug-likeness (QED) is 0.904. The second-order valence-corrected chi connectivity index (χ2v) is 4.44. The summed E-state index contributed by atoms with van der Waals surface area (Å²) in [6, 6.07) is 9.39. The van der Waals surface area contributed by atoms with Gasteiger partial charge in [0, 0.05) is 5.69 Å². The lowest BCUT2D eigenvalue weighted by atomic mass is 10.3. The largest absolute Gasteiger partial charge is 0.375 e. The van der Waals surface area contributed by atoms with Gasteiger partial charge in [-0.2, -0.15) is 0 Å². The molecule has 3 nitrogen and oxygen atoms in total. The van der Waals surface area contributed by atoms with Crippen molar-refractivity contribution >= 4 is 28.9 Å². The van der Waals surface area contributed by atoms with Crippen molar-refractivity contribution in [3.63, 3.8) is 0 Å². The van der Waals surface area contributed by atoms with Gasteiger partial charge in [0.25, 0.3) is 0 Å². The fourth-order valence-electron chi connectivity index (χ4n) is 1.58. The molecule has 0 spiro atoms. The van der Waals surface area contributed by atoms with Crippen LogP contribution in [0, 0.1) is 11.6 Å². The third-order valence-electron chi connectivity index (χ3n) is 2.48. The molecule has 0 radical (unpaired) electrons. The number of benzene rings is 2. The maximum atomic E-state index is 12.9. The lowest BCUT2D eigenvalue weighted by molar-refractivity contribution is -0.114. The zero-order valence-electron chi connectivity index (χ0n) is 10.3. The van der Waals surface area contributed by atoms with Crippen LogP contribution in [0.25, 0.3) is 0 Å². The molecule has 104 valence electrons. The average Bonchev–Trinajstić information content (AvgIpc) is 2.37. The van der Waals surface area contributed by atoms with Crippen LogP contribution in [0.5, 0.6) is 0 Å². The highest BCUT2D eigenvalue weighted by Crippen LogP contribution is 2.22. The Kier molecular flexibility index (Phi) is 4.53. The Morgan fingerprint density at radius 2 is 1.85 bits per heavy atom. The SMILES string of the molecule is O=C(CNc1ccc(F)cc1Cl)Nc1cccc(F)c1. The number of carbonyl (C=O) groups excluding carboxylic acids is 1. The second-order valence-electron chi connectivity index (χ2n) is 4.04. The molecule has 0 saturated heterocycles. The Balaban J connectivity index is 1.92. The predicted molar refractivity (Wildman–Crippen MR) is 74.9 cm³/mol. The summed E-state index contributed by atoms with van der Waals surface area (Å²) in [4.78, 5) is 11.7. The van der Waals surface area contributed by atoms with Crippen molar-refractivity contribution in [2.75, 3.05) is 17.2 Å². The number of halogens is 3. The molecule has 1 amide bonds. The number of hydrogen-bond donors (Lipinski definition) is 2. The molecule has 2 rings (SSSR count). The molecule has 20 heavy (non-hydrogen) atoms. The van der Waals surface area contributed by atoms with Gasteiger partial charge in [-0.3, -0.25) is 4.79 Å². The van der Waals surface area contributed by atoms with E-state index in [4.69, 9.17) is 11.6 Å². The van der Waals surface area contributed by atoms with Crippen molar-refractivity contribution in [2.45, 2.75) is 0 Å². The first-order valence-electron chi connectivity index (χ1n) is 5.79. The molecule has 0 aliphatic carbocycles. The highest BCUT2D eigenvalue weighted by atomic mass is 35.5. The van der Waals surface area contributed by atoms with Gasteiger partial charge in [-0.15, -0.1) is 0 Å². The summed E-state index contributed by atoms with van der Waals surface area (Å²) in [7, 11) is 0. The first-order chi connectivity index (χ1) is 9.54. The lowest BCUT2D eigenvalue weighted by Gasteiger charge is -2.09. The minimum absolute atomic E-state index is 0.0676.